The molecule has 100 valence electrons. The molecule has 1 aromatic rings. The van der Waals surface area contributed by atoms with Crippen LogP contribution in [0.5, 0.6) is 5.75 Å². The highest BCUT2D eigenvalue weighted by Crippen LogP contribution is 2.18. The van der Waals surface area contributed by atoms with E-state index in [9.17, 15) is 0 Å². The predicted octanol–water partition coefficient (Wildman–Crippen LogP) is 4.31. The van der Waals surface area contributed by atoms with E-state index in [-0.39, 0.29) is 0 Å². The van der Waals surface area contributed by atoms with Gasteiger partial charge in [-0.1, -0.05) is 31.2 Å². The van der Waals surface area contributed by atoms with Crippen LogP contribution in [-0.2, 0) is 4.74 Å². The molecular formula is C16H24O2. The van der Waals surface area contributed by atoms with Crippen molar-refractivity contribution in [2.24, 2.45) is 0 Å². The van der Waals surface area contributed by atoms with Gasteiger partial charge in [0.25, 0.3) is 0 Å². The van der Waals surface area contributed by atoms with Crippen molar-refractivity contribution in [3.8, 4) is 5.75 Å². The Kier molecular flexibility index (Phi) is 7.19. The predicted molar refractivity (Wildman–Crippen MR) is 77.0 cm³/mol. The van der Waals surface area contributed by atoms with Crippen LogP contribution >= 0.6 is 0 Å². The highest BCUT2D eigenvalue weighted by atomic mass is 16.5. The third-order valence-electron chi connectivity index (χ3n) is 2.63. The number of hydrogen-bond donors (Lipinski definition) is 0. The fraction of sp³-hybridized carbons (Fsp3) is 0.500. The van der Waals surface area contributed by atoms with Crippen LogP contribution in [0.15, 0.2) is 30.8 Å². The van der Waals surface area contributed by atoms with Gasteiger partial charge >= 0.3 is 0 Å². The van der Waals surface area contributed by atoms with E-state index in [0.29, 0.717) is 0 Å². The van der Waals surface area contributed by atoms with Gasteiger partial charge in [0.15, 0.2) is 0 Å². The van der Waals surface area contributed by atoms with E-state index < -0.39 is 0 Å². The monoisotopic (exact) mass is 248 g/mol. The van der Waals surface area contributed by atoms with Crippen LogP contribution in [0, 0.1) is 0 Å². The van der Waals surface area contributed by atoms with Crippen LogP contribution in [0.1, 0.15) is 38.7 Å². The Morgan fingerprint density at radius 3 is 2.67 bits per heavy atom. The van der Waals surface area contributed by atoms with Crippen molar-refractivity contribution in [3.05, 3.63) is 36.4 Å². The Bertz CT molecular complexity index is 358. The summed E-state index contributed by atoms with van der Waals surface area (Å²) in [5.41, 5.74) is 2.20. The summed E-state index contributed by atoms with van der Waals surface area (Å²) in [4.78, 5) is 0. The fourth-order valence-corrected chi connectivity index (χ4v) is 1.59. The first-order valence-electron chi connectivity index (χ1n) is 6.70. The molecule has 1 aromatic carbocycles. The van der Waals surface area contributed by atoms with Gasteiger partial charge in [0.05, 0.1) is 6.61 Å². The van der Waals surface area contributed by atoms with Crippen LogP contribution < -0.4 is 4.74 Å². The van der Waals surface area contributed by atoms with Crippen LogP contribution in [0.3, 0.4) is 0 Å². The molecule has 0 aromatic heterocycles. The highest BCUT2D eigenvalue weighted by Gasteiger charge is 1.97. The maximum Gasteiger partial charge on any atom is 0.119 e. The van der Waals surface area contributed by atoms with Crippen molar-refractivity contribution < 1.29 is 9.47 Å². The Hall–Kier alpha value is -1.28. The Labute approximate surface area is 111 Å². The first-order chi connectivity index (χ1) is 8.74. The van der Waals surface area contributed by atoms with Gasteiger partial charge in [0.1, 0.15) is 5.75 Å². The highest BCUT2D eigenvalue weighted by molar-refractivity contribution is 5.62. The van der Waals surface area contributed by atoms with E-state index in [1.165, 1.54) is 0 Å². The second-order valence-electron chi connectivity index (χ2n) is 4.48. The zero-order valence-electron chi connectivity index (χ0n) is 11.6. The summed E-state index contributed by atoms with van der Waals surface area (Å²) in [5.74, 6) is 0.921. The molecule has 0 heterocycles. The molecule has 0 bridgehead atoms. The van der Waals surface area contributed by atoms with Gasteiger partial charge in [-0.25, -0.2) is 0 Å². The second-order valence-corrected chi connectivity index (χ2v) is 4.48. The summed E-state index contributed by atoms with van der Waals surface area (Å²) in [6.07, 6.45) is 3.17. The zero-order valence-corrected chi connectivity index (χ0v) is 11.6. The normalized spacial score (nSPS) is 10.3. The van der Waals surface area contributed by atoms with Gasteiger partial charge in [0, 0.05) is 13.2 Å². The number of rotatable bonds is 9. The molecule has 0 amide bonds. The topological polar surface area (TPSA) is 18.5 Å². The van der Waals surface area contributed by atoms with Crippen LogP contribution in [-0.4, -0.2) is 19.8 Å². The first-order valence-corrected chi connectivity index (χ1v) is 6.70. The minimum atomic E-state index is 0.745. The van der Waals surface area contributed by atoms with Crippen molar-refractivity contribution >= 4 is 5.57 Å². The third-order valence-corrected chi connectivity index (χ3v) is 2.63. The Morgan fingerprint density at radius 2 is 1.94 bits per heavy atom. The maximum atomic E-state index is 5.71. The van der Waals surface area contributed by atoms with Crippen molar-refractivity contribution in [1.82, 2.24) is 0 Å². The smallest absolute Gasteiger partial charge is 0.119 e. The van der Waals surface area contributed by atoms with E-state index in [2.05, 4.69) is 13.5 Å². The van der Waals surface area contributed by atoms with Crippen LogP contribution in [0.25, 0.3) is 5.57 Å². The van der Waals surface area contributed by atoms with Gasteiger partial charge in [0.2, 0.25) is 0 Å². The number of allylic oxidation sites excluding steroid dienone is 1. The molecule has 0 aliphatic carbocycles. The molecule has 0 N–H and O–H groups in total. The van der Waals surface area contributed by atoms with Gasteiger partial charge < -0.3 is 9.47 Å². The molecule has 0 spiro atoms. The lowest BCUT2D eigenvalue weighted by molar-refractivity contribution is 0.127. The maximum absolute atomic E-state index is 5.71. The van der Waals surface area contributed by atoms with E-state index in [0.717, 1.165) is 56.0 Å². The molecule has 1 rings (SSSR count). The minimum absolute atomic E-state index is 0.745. The summed E-state index contributed by atoms with van der Waals surface area (Å²) in [6.45, 7) is 10.5. The minimum Gasteiger partial charge on any atom is -0.494 e. The lowest BCUT2D eigenvalue weighted by atomic mass is 10.1. The van der Waals surface area contributed by atoms with E-state index >= 15 is 0 Å². The van der Waals surface area contributed by atoms with Gasteiger partial charge in [-0.3, -0.25) is 0 Å². The van der Waals surface area contributed by atoms with E-state index in [1.54, 1.807) is 0 Å². The number of benzene rings is 1. The molecule has 0 aliphatic heterocycles. The molecular weight excluding hydrogens is 224 g/mol. The standard InChI is InChI=1S/C16H24O2/c1-4-10-17-11-5-6-12-18-16-9-7-8-15(13-16)14(2)3/h7-9,13H,2,4-6,10-12H2,1,3H3. The molecule has 2 nitrogen and oxygen atoms in total. The molecule has 0 saturated carbocycles. The molecule has 2 heteroatoms. The van der Waals surface area contributed by atoms with E-state index in [4.69, 9.17) is 9.47 Å². The molecule has 18 heavy (non-hydrogen) atoms. The zero-order chi connectivity index (χ0) is 13.2. The van der Waals surface area contributed by atoms with E-state index in [1.807, 2.05) is 31.2 Å². The quantitative estimate of drug-likeness (QED) is 0.606. The molecule has 0 atom stereocenters. The molecule has 0 fully saturated rings. The van der Waals surface area contributed by atoms with Crippen molar-refractivity contribution in [2.75, 3.05) is 19.8 Å². The number of hydrogen-bond acceptors (Lipinski definition) is 2. The van der Waals surface area contributed by atoms with Crippen molar-refractivity contribution in [1.29, 1.82) is 0 Å². The van der Waals surface area contributed by atoms with Crippen LogP contribution in [0.2, 0.25) is 0 Å². The largest absolute Gasteiger partial charge is 0.494 e. The SMILES string of the molecule is C=C(C)c1cccc(OCCCCOCCC)c1. The van der Waals surface area contributed by atoms with Crippen molar-refractivity contribution in [2.45, 2.75) is 33.1 Å². The Morgan fingerprint density at radius 1 is 1.17 bits per heavy atom. The fourth-order valence-electron chi connectivity index (χ4n) is 1.59. The molecule has 0 radical (unpaired) electrons. The number of ether oxygens (including phenoxy) is 2. The summed E-state index contributed by atoms with van der Waals surface area (Å²) < 4.78 is 11.1. The molecule has 0 saturated heterocycles. The average molecular weight is 248 g/mol. The van der Waals surface area contributed by atoms with Crippen molar-refractivity contribution in [3.63, 3.8) is 0 Å². The summed E-state index contributed by atoms with van der Waals surface area (Å²) in [6, 6.07) is 8.08. The number of unbranched alkanes of at least 4 members (excludes halogenated alkanes) is 1. The first kappa shape index (κ1) is 14.8. The lowest BCUT2D eigenvalue weighted by Crippen LogP contribution is -2.01. The summed E-state index contributed by atoms with van der Waals surface area (Å²) >= 11 is 0. The third kappa shape index (κ3) is 5.87. The lowest BCUT2D eigenvalue weighted by Gasteiger charge is -2.08. The molecule has 0 unspecified atom stereocenters. The Balaban J connectivity index is 2.19. The van der Waals surface area contributed by atoms with Gasteiger partial charge in [-0.2, -0.15) is 0 Å². The van der Waals surface area contributed by atoms with Gasteiger partial charge in [-0.05, 0) is 43.9 Å². The second kappa shape index (κ2) is 8.76. The summed E-state index contributed by atoms with van der Waals surface area (Å²) in [7, 11) is 0. The molecule has 0 aliphatic rings. The van der Waals surface area contributed by atoms with Crippen LogP contribution in [0.4, 0.5) is 0 Å². The van der Waals surface area contributed by atoms with Gasteiger partial charge in [-0.15, -0.1) is 0 Å². The average Bonchev–Trinajstić information content (AvgIpc) is 2.38. The summed E-state index contributed by atoms with van der Waals surface area (Å²) in [5, 5.41) is 0.